The molecule has 2 heteroatoms. The van der Waals surface area contributed by atoms with E-state index in [1.54, 1.807) is 0 Å². The van der Waals surface area contributed by atoms with Crippen LogP contribution in [0.3, 0.4) is 0 Å². The highest BCUT2D eigenvalue weighted by Gasteiger charge is 2.16. The summed E-state index contributed by atoms with van der Waals surface area (Å²) in [5, 5.41) is 3.54. The Kier molecular flexibility index (Phi) is 5.26. The molecule has 0 radical (unpaired) electrons. The minimum absolute atomic E-state index is 0.453. The molecule has 1 N–H and O–H groups in total. The monoisotopic (exact) mass is 260 g/mol. The smallest absolute Gasteiger partial charge is 0.0366 e. The summed E-state index contributed by atoms with van der Waals surface area (Å²) < 4.78 is 0. The van der Waals surface area contributed by atoms with Crippen molar-refractivity contribution in [2.75, 3.05) is 24.5 Å². The zero-order valence-corrected chi connectivity index (χ0v) is 12.7. The summed E-state index contributed by atoms with van der Waals surface area (Å²) in [5.41, 5.74) is 2.78. The van der Waals surface area contributed by atoms with E-state index in [0.29, 0.717) is 6.04 Å². The topological polar surface area (TPSA) is 15.3 Å². The van der Waals surface area contributed by atoms with Gasteiger partial charge in [-0.05, 0) is 56.3 Å². The first-order valence-corrected chi connectivity index (χ1v) is 7.79. The van der Waals surface area contributed by atoms with Crippen LogP contribution in [0.15, 0.2) is 24.3 Å². The molecule has 0 aromatic heterocycles. The normalized spacial score (nSPS) is 21.4. The molecular weight excluding hydrogens is 232 g/mol. The minimum Gasteiger partial charge on any atom is -0.371 e. The lowest BCUT2D eigenvalue weighted by molar-refractivity contribution is 0.447. The lowest BCUT2D eigenvalue weighted by Crippen LogP contribution is -2.34. The molecule has 0 bridgehead atoms. The largest absolute Gasteiger partial charge is 0.371 e. The average Bonchev–Trinajstić information content (AvgIpc) is 2.45. The zero-order valence-electron chi connectivity index (χ0n) is 12.7. The van der Waals surface area contributed by atoms with Crippen LogP contribution in [0.5, 0.6) is 0 Å². The van der Waals surface area contributed by atoms with Gasteiger partial charge in [0.15, 0.2) is 0 Å². The Hall–Kier alpha value is -1.02. The van der Waals surface area contributed by atoms with Crippen LogP contribution in [0.1, 0.15) is 51.6 Å². The van der Waals surface area contributed by atoms with E-state index in [4.69, 9.17) is 0 Å². The molecule has 1 aliphatic rings. The highest BCUT2D eigenvalue weighted by molar-refractivity contribution is 5.48. The molecule has 0 aliphatic carbocycles. The molecule has 2 rings (SSSR count). The van der Waals surface area contributed by atoms with Crippen LogP contribution in [0.25, 0.3) is 0 Å². The SMILES string of the molecule is CCCNC(C)c1ccc(N2CCCC(C)C2)cc1. The maximum atomic E-state index is 3.54. The van der Waals surface area contributed by atoms with Gasteiger partial charge < -0.3 is 10.2 Å². The molecule has 1 aliphatic heterocycles. The van der Waals surface area contributed by atoms with E-state index in [9.17, 15) is 0 Å². The van der Waals surface area contributed by atoms with E-state index in [-0.39, 0.29) is 0 Å². The Morgan fingerprint density at radius 3 is 2.68 bits per heavy atom. The Morgan fingerprint density at radius 1 is 1.32 bits per heavy atom. The maximum Gasteiger partial charge on any atom is 0.0366 e. The summed E-state index contributed by atoms with van der Waals surface area (Å²) >= 11 is 0. The van der Waals surface area contributed by atoms with Crippen LogP contribution in [-0.4, -0.2) is 19.6 Å². The second-order valence-corrected chi connectivity index (χ2v) is 5.96. The van der Waals surface area contributed by atoms with Crippen molar-refractivity contribution in [1.82, 2.24) is 5.32 Å². The number of hydrogen-bond acceptors (Lipinski definition) is 2. The number of anilines is 1. The van der Waals surface area contributed by atoms with Gasteiger partial charge in [0.05, 0.1) is 0 Å². The van der Waals surface area contributed by atoms with E-state index in [1.807, 2.05) is 0 Å². The van der Waals surface area contributed by atoms with Crippen molar-refractivity contribution in [3.8, 4) is 0 Å². The second-order valence-electron chi connectivity index (χ2n) is 5.96. The second kappa shape index (κ2) is 6.95. The third-order valence-corrected chi connectivity index (χ3v) is 4.12. The number of benzene rings is 1. The van der Waals surface area contributed by atoms with Crippen LogP contribution >= 0.6 is 0 Å². The van der Waals surface area contributed by atoms with Gasteiger partial charge in [0.25, 0.3) is 0 Å². The Bertz CT molecular complexity index is 371. The molecule has 0 saturated carbocycles. The number of nitrogens with one attached hydrogen (secondary N) is 1. The zero-order chi connectivity index (χ0) is 13.7. The molecule has 1 saturated heterocycles. The van der Waals surface area contributed by atoms with E-state index in [1.165, 1.54) is 43.6 Å². The standard InChI is InChI=1S/C17H28N2/c1-4-11-18-15(3)16-7-9-17(10-8-16)19-12-5-6-14(2)13-19/h7-10,14-15,18H,4-6,11-13H2,1-3H3. The average molecular weight is 260 g/mol. The van der Waals surface area contributed by atoms with Crippen LogP contribution in [0, 0.1) is 5.92 Å². The van der Waals surface area contributed by atoms with Crippen LogP contribution in [0.2, 0.25) is 0 Å². The van der Waals surface area contributed by atoms with Crippen molar-refractivity contribution in [3.63, 3.8) is 0 Å². The van der Waals surface area contributed by atoms with E-state index < -0.39 is 0 Å². The van der Waals surface area contributed by atoms with Gasteiger partial charge in [-0.2, -0.15) is 0 Å². The predicted octanol–water partition coefficient (Wildman–Crippen LogP) is 3.98. The molecule has 0 spiro atoms. The molecular formula is C17H28N2. The number of nitrogens with zero attached hydrogens (tertiary/aromatic N) is 1. The molecule has 1 heterocycles. The molecule has 0 amide bonds. The van der Waals surface area contributed by atoms with Crippen molar-refractivity contribution in [3.05, 3.63) is 29.8 Å². The van der Waals surface area contributed by atoms with Gasteiger partial charge >= 0.3 is 0 Å². The maximum absolute atomic E-state index is 3.54. The fraction of sp³-hybridized carbons (Fsp3) is 0.647. The summed E-state index contributed by atoms with van der Waals surface area (Å²) in [7, 11) is 0. The first-order valence-electron chi connectivity index (χ1n) is 7.79. The van der Waals surface area contributed by atoms with Gasteiger partial charge in [0.2, 0.25) is 0 Å². The van der Waals surface area contributed by atoms with Crippen molar-refractivity contribution in [1.29, 1.82) is 0 Å². The van der Waals surface area contributed by atoms with Gasteiger partial charge in [0, 0.05) is 24.8 Å². The number of rotatable bonds is 5. The van der Waals surface area contributed by atoms with E-state index in [0.717, 1.165) is 12.5 Å². The summed E-state index contributed by atoms with van der Waals surface area (Å²) in [5.74, 6) is 0.832. The summed E-state index contributed by atoms with van der Waals surface area (Å²) in [4.78, 5) is 2.53. The highest BCUT2D eigenvalue weighted by atomic mass is 15.1. The molecule has 1 fully saturated rings. The van der Waals surface area contributed by atoms with Gasteiger partial charge in [-0.3, -0.25) is 0 Å². The minimum atomic E-state index is 0.453. The molecule has 19 heavy (non-hydrogen) atoms. The van der Waals surface area contributed by atoms with Crippen molar-refractivity contribution in [2.45, 2.75) is 46.1 Å². The first-order chi connectivity index (χ1) is 9.20. The van der Waals surface area contributed by atoms with Crippen LogP contribution < -0.4 is 10.2 Å². The van der Waals surface area contributed by atoms with E-state index >= 15 is 0 Å². The Balaban J connectivity index is 1.97. The molecule has 1 aromatic carbocycles. The molecule has 2 unspecified atom stereocenters. The fourth-order valence-electron chi connectivity index (χ4n) is 2.88. The van der Waals surface area contributed by atoms with Crippen molar-refractivity contribution in [2.24, 2.45) is 5.92 Å². The summed E-state index contributed by atoms with van der Waals surface area (Å²) in [6, 6.07) is 9.59. The van der Waals surface area contributed by atoms with Crippen molar-refractivity contribution < 1.29 is 0 Å². The third kappa shape index (κ3) is 3.97. The van der Waals surface area contributed by atoms with Crippen LogP contribution in [-0.2, 0) is 0 Å². The van der Waals surface area contributed by atoms with E-state index in [2.05, 4.69) is 55.3 Å². The summed E-state index contributed by atoms with van der Waals surface area (Å²) in [6.07, 6.45) is 3.90. The van der Waals surface area contributed by atoms with Crippen molar-refractivity contribution >= 4 is 5.69 Å². The molecule has 2 atom stereocenters. The number of hydrogen-bond donors (Lipinski definition) is 1. The number of piperidine rings is 1. The molecule has 2 nitrogen and oxygen atoms in total. The lowest BCUT2D eigenvalue weighted by atomic mass is 9.99. The summed E-state index contributed by atoms with van der Waals surface area (Å²) in [6.45, 7) is 10.3. The van der Waals surface area contributed by atoms with Crippen LogP contribution in [0.4, 0.5) is 5.69 Å². The van der Waals surface area contributed by atoms with Gasteiger partial charge in [0.1, 0.15) is 0 Å². The highest BCUT2D eigenvalue weighted by Crippen LogP contribution is 2.24. The third-order valence-electron chi connectivity index (χ3n) is 4.12. The van der Waals surface area contributed by atoms with Gasteiger partial charge in [-0.25, -0.2) is 0 Å². The Labute approximate surface area is 118 Å². The molecule has 1 aromatic rings. The first kappa shape index (κ1) is 14.4. The van der Waals surface area contributed by atoms with Gasteiger partial charge in [-0.1, -0.05) is 26.0 Å². The quantitative estimate of drug-likeness (QED) is 0.861. The molecule has 106 valence electrons. The predicted molar refractivity (Wildman–Crippen MR) is 83.8 cm³/mol. The fourth-order valence-corrected chi connectivity index (χ4v) is 2.88. The van der Waals surface area contributed by atoms with Gasteiger partial charge in [-0.15, -0.1) is 0 Å². The Morgan fingerprint density at radius 2 is 2.05 bits per heavy atom. The lowest BCUT2D eigenvalue weighted by Gasteiger charge is -2.33.